The smallest absolute Gasteiger partial charge is 0.129 e. The minimum absolute atomic E-state index is 0.0853. The Bertz CT molecular complexity index is 427. The van der Waals surface area contributed by atoms with Gasteiger partial charge in [-0.1, -0.05) is 38.1 Å². The van der Waals surface area contributed by atoms with E-state index in [1.807, 2.05) is 0 Å². The fourth-order valence-corrected chi connectivity index (χ4v) is 2.68. The summed E-state index contributed by atoms with van der Waals surface area (Å²) < 4.78 is 5.41. The van der Waals surface area contributed by atoms with Crippen LogP contribution in [0.25, 0.3) is 0 Å². The van der Waals surface area contributed by atoms with Crippen LogP contribution in [0, 0.1) is 5.92 Å². The van der Waals surface area contributed by atoms with Crippen LogP contribution in [-0.4, -0.2) is 19.0 Å². The number of ether oxygens (including phenoxy) is 1. The second-order valence-electron chi connectivity index (χ2n) is 6.27. The molecule has 0 spiro atoms. The van der Waals surface area contributed by atoms with Gasteiger partial charge in [0, 0.05) is 11.8 Å². The summed E-state index contributed by atoms with van der Waals surface area (Å²) in [6.45, 7) is 7.65. The number of hydrogen-bond donors (Lipinski definition) is 0. The Hall–Kier alpha value is -1.15. The largest absolute Gasteiger partial charge is 0.379 e. The third-order valence-electron chi connectivity index (χ3n) is 3.92. The quantitative estimate of drug-likeness (QED) is 0.782. The minimum atomic E-state index is 0.0853. The molecule has 1 aliphatic heterocycles. The molecular formula is C17H24O2. The molecule has 0 unspecified atom stereocenters. The van der Waals surface area contributed by atoms with E-state index in [1.54, 1.807) is 6.92 Å². The molecule has 0 aliphatic carbocycles. The average Bonchev–Trinajstić information content (AvgIpc) is 2.28. The first-order chi connectivity index (χ1) is 9.02. The highest BCUT2D eigenvalue weighted by Crippen LogP contribution is 2.37. The van der Waals surface area contributed by atoms with Gasteiger partial charge >= 0.3 is 0 Å². The molecule has 0 radical (unpaired) electrons. The Kier molecular flexibility index (Phi) is 4.41. The summed E-state index contributed by atoms with van der Waals surface area (Å²) in [4.78, 5) is 11.2. The molecule has 1 fully saturated rings. The second kappa shape index (κ2) is 5.87. The normalized spacial score (nSPS) is 17.3. The van der Waals surface area contributed by atoms with Crippen LogP contribution < -0.4 is 0 Å². The monoisotopic (exact) mass is 260 g/mol. The summed E-state index contributed by atoms with van der Waals surface area (Å²) >= 11 is 0. The highest BCUT2D eigenvalue weighted by molar-refractivity contribution is 5.75. The lowest BCUT2D eigenvalue weighted by Crippen LogP contribution is -2.46. The third-order valence-corrected chi connectivity index (χ3v) is 3.92. The molecule has 1 aromatic rings. The molecular weight excluding hydrogens is 236 g/mol. The predicted octanol–water partition coefficient (Wildman–Crippen LogP) is 3.52. The van der Waals surface area contributed by atoms with E-state index in [-0.39, 0.29) is 11.2 Å². The lowest BCUT2D eigenvalue weighted by molar-refractivity contribution is -0.119. The molecule has 0 atom stereocenters. The van der Waals surface area contributed by atoms with Gasteiger partial charge in [-0.05, 0) is 36.8 Å². The van der Waals surface area contributed by atoms with E-state index in [1.165, 1.54) is 11.1 Å². The maximum absolute atomic E-state index is 11.2. The minimum Gasteiger partial charge on any atom is -0.379 e. The van der Waals surface area contributed by atoms with E-state index in [2.05, 4.69) is 38.1 Å². The van der Waals surface area contributed by atoms with Crippen LogP contribution in [-0.2, 0) is 21.4 Å². The van der Waals surface area contributed by atoms with Crippen molar-refractivity contribution >= 4 is 5.78 Å². The first kappa shape index (κ1) is 14.3. The van der Waals surface area contributed by atoms with Crippen molar-refractivity contribution < 1.29 is 9.53 Å². The van der Waals surface area contributed by atoms with Crippen molar-refractivity contribution in [3.05, 3.63) is 35.4 Å². The standard InChI is InChI=1S/C17H24O2/c1-13(2)10-15-4-6-16(7-5-15)17(11-19-12-17)9-8-14(3)18/h4-7,13H,8-12H2,1-3H3. The summed E-state index contributed by atoms with van der Waals surface area (Å²) in [6.07, 6.45) is 2.68. The van der Waals surface area contributed by atoms with Crippen LogP contribution in [0.15, 0.2) is 24.3 Å². The molecule has 1 aliphatic rings. The number of Topliss-reactive ketones (excluding diaryl/α,β-unsaturated/α-hetero) is 1. The predicted molar refractivity (Wildman–Crippen MR) is 77.4 cm³/mol. The van der Waals surface area contributed by atoms with Gasteiger partial charge in [0.05, 0.1) is 13.2 Å². The van der Waals surface area contributed by atoms with Crippen molar-refractivity contribution in [3.63, 3.8) is 0 Å². The second-order valence-corrected chi connectivity index (χ2v) is 6.27. The zero-order valence-corrected chi connectivity index (χ0v) is 12.2. The topological polar surface area (TPSA) is 26.3 Å². The van der Waals surface area contributed by atoms with Crippen LogP contribution in [0.3, 0.4) is 0 Å². The maximum Gasteiger partial charge on any atom is 0.129 e. The van der Waals surface area contributed by atoms with Crippen molar-refractivity contribution in [2.24, 2.45) is 5.92 Å². The lowest BCUT2D eigenvalue weighted by atomic mass is 9.74. The molecule has 1 aromatic carbocycles. The van der Waals surface area contributed by atoms with Gasteiger partial charge in [-0.2, -0.15) is 0 Å². The average molecular weight is 260 g/mol. The molecule has 2 heteroatoms. The molecule has 104 valence electrons. The molecule has 0 aromatic heterocycles. The van der Waals surface area contributed by atoms with Crippen LogP contribution in [0.4, 0.5) is 0 Å². The first-order valence-electron chi connectivity index (χ1n) is 7.18. The van der Waals surface area contributed by atoms with Crippen LogP contribution in [0.1, 0.15) is 44.7 Å². The van der Waals surface area contributed by atoms with E-state index >= 15 is 0 Å². The summed E-state index contributed by atoms with van der Waals surface area (Å²) in [5, 5.41) is 0. The van der Waals surface area contributed by atoms with Gasteiger partial charge in [-0.25, -0.2) is 0 Å². The van der Waals surface area contributed by atoms with Crippen LogP contribution >= 0.6 is 0 Å². The zero-order chi connectivity index (χ0) is 13.9. The zero-order valence-electron chi connectivity index (χ0n) is 12.2. The van der Waals surface area contributed by atoms with Gasteiger partial charge in [-0.15, -0.1) is 0 Å². The van der Waals surface area contributed by atoms with E-state index in [9.17, 15) is 4.79 Å². The lowest BCUT2D eigenvalue weighted by Gasteiger charge is -2.42. The highest BCUT2D eigenvalue weighted by Gasteiger charge is 2.39. The Morgan fingerprint density at radius 2 is 1.89 bits per heavy atom. The van der Waals surface area contributed by atoms with E-state index < -0.39 is 0 Å². The maximum atomic E-state index is 11.2. The van der Waals surface area contributed by atoms with Crippen LogP contribution in [0.2, 0.25) is 0 Å². The molecule has 1 saturated heterocycles. The fraction of sp³-hybridized carbons (Fsp3) is 0.588. The molecule has 0 amide bonds. The van der Waals surface area contributed by atoms with E-state index in [0.29, 0.717) is 12.3 Å². The van der Waals surface area contributed by atoms with Crippen molar-refractivity contribution in [2.75, 3.05) is 13.2 Å². The molecule has 2 nitrogen and oxygen atoms in total. The Morgan fingerprint density at radius 3 is 2.32 bits per heavy atom. The van der Waals surface area contributed by atoms with Crippen molar-refractivity contribution in [1.29, 1.82) is 0 Å². The van der Waals surface area contributed by atoms with Crippen molar-refractivity contribution in [1.82, 2.24) is 0 Å². The number of rotatable bonds is 6. The van der Waals surface area contributed by atoms with Gasteiger partial charge < -0.3 is 9.53 Å². The SMILES string of the molecule is CC(=O)CCC1(c2ccc(CC(C)C)cc2)COC1. The molecule has 0 bridgehead atoms. The number of carbonyl (C=O) groups is 1. The molecule has 1 heterocycles. The number of hydrogen-bond acceptors (Lipinski definition) is 2. The van der Waals surface area contributed by atoms with E-state index in [0.717, 1.165) is 26.1 Å². The Labute approximate surface area is 116 Å². The summed E-state index contributed by atoms with van der Waals surface area (Å²) in [7, 11) is 0. The number of benzene rings is 1. The van der Waals surface area contributed by atoms with E-state index in [4.69, 9.17) is 4.74 Å². The summed E-state index contributed by atoms with van der Waals surface area (Å²) in [5.74, 6) is 0.951. The van der Waals surface area contributed by atoms with Gasteiger partial charge in [0.15, 0.2) is 0 Å². The summed E-state index contributed by atoms with van der Waals surface area (Å²) in [6, 6.07) is 8.90. The molecule has 2 rings (SSSR count). The fourth-order valence-electron chi connectivity index (χ4n) is 2.68. The Morgan fingerprint density at radius 1 is 1.26 bits per heavy atom. The number of ketones is 1. The van der Waals surface area contributed by atoms with Crippen LogP contribution in [0.5, 0.6) is 0 Å². The van der Waals surface area contributed by atoms with Gasteiger partial charge in [0.1, 0.15) is 5.78 Å². The Balaban J connectivity index is 2.08. The van der Waals surface area contributed by atoms with Gasteiger partial charge in [-0.3, -0.25) is 0 Å². The first-order valence-corrected chi connectivity index (χ1v) is 7.18. The van der Waals surface area contributed by atoms with Gasteiger partial charge in [0.25, 0.3) is 0 Å². The third kappa shape index (κ3) is 3.44. The van der Waals surface area contributed by atoms with Crippen molar-refractivity contribution in [3.8, 4) is 0 Å². The molecule has 19 heavy (non-hydrogen) atoms. The van der Waals surface area contributed by atoms with Crippen molar-refractivity contribution in [2.45, 2.75) is 45.4 Å². The highest BCUT2D eigenvalue weighted by atomic mass is 16.5. The molecule has 0 N–H and O–H groups in total. The number of carbonyl (C=O) groups excluding carboxylic acids is 1. The molecule has 0 saturated carbocycles. The summed E-state index contributed by atoms with van der Waals surface area (Å²) in [5.41, 5.74) is 2.80. The van der Waals surface area contributed by atoms with Gasteiger partial charge in [0.2, 0.25) is 0 Å².